The second kappa shape index (κ2) is 5.69. The SMILES string of the molecule is CN(CCNc1cc(C(=O)O)nc2ccccc12)C1CC1. The number of para-hydroxylation sites is 1. The molecule has 0 radical (unpaired) electrons. The molecule has 1 heterocycles. The van der Waals surface area contributed by atoms with E-state index >= 15 is 0 Å². The zero-order valence-electron chi connectivity index (χ0n) is 12.0. The molecule has 1 aliphatic carbocycles. The highest BCUT2D eigenvalue weighted by molar-refractivity contribution is 5.97. The Labute approximate surface area is 123 Å². The van der Waals surface area contributed by atoms with Gasteiger partial charge in [0.1, 0.15) is 0 Å². The van der Waals surface area contributed by atoms with E-state index in [0.717, 1.165) is 30.2 Å². The third-order valence-corrected chi connectivity index (χ3v) is 3.89. The van der Waals surface area contributed by atoms with Crippen LogP contribution in [0, 0.1) is 0 Å². The highest BCUT2D eigenvalue weighted by Crippen LogP contribution is 2.25. The Balaban J connectivity index is 1.80. The van der Waals surface area contributed by atoms with Gasteiger partial charge in [-0.1, -0.05) is 18.2 Å². The number of aromatic carboxylic acids is 1. The fourth-order valence-electron chi connectivity index (χ4n) is 2.50. The average molecular weight is 285 g/mol. The fraction of sp³-hybridized carbons (Fsp3) is 0.375. The number of carboxylic acid groups (broad SMARTS) is 1. The molecule has 0 amide bonds. The number of hydrogen-bond acceptors (Lipinski definition) is 4. The normalized spacial score (nSPS) is 14.6. The van der Waals surface area contributed by atoms with Gasteiger partial charge in [-0.3, -0.25) is 0 Å². The molecule has 0 saturated heterocycles. The summed E-state index contributed by atoms with van der Waals surface area (Å²) in [6.07, 6.45) is 2.58. The van der Waals surface area contributed by atoms with E-state index in [2.05, 4.69) is 22.2 Å². The molecule has 21 heavy (non-hydrogen) atoms. The van der Waals surface area contributed by atoms with Crippen LogP contribution in [0.2, 0.25) is 0 Å². The molecule has 110 valence electrons. The van der Waals surface area contributed by atoms with Crippen LogP contribution in [-0.2, 0) is 0 Å². The van der Waals surface area contributed by atoms with Gasteiger partial charge in [0.15, 0.2) is 5.69 Å². The van der Waals surface area contributed by atoms with E-state index in [4.69, 9.17) is 5.11 Å². The number of benzene rings is 1. The number of nitrogens with zero attached hydrogens (tertiary/aromatic N) is 2. The number of hydrogen-bond donors (Lipinski definition) is 2. The number of pyridine rings is 1. The molecular weight excluding hydrogens is 266 g/mol. The van der Waals surface area contributed by atoms with E-state index in [1.54, 1.807) is 6.07 Å². The monoisotopic (exact) mass is 285 g/mol. The lowest BCUT2D eigenvalue weighted by atomic mass is 10.1. The van der Waals surface area contributed by atoms with Gasteiger partial charge in [0.2, 0.25) is 0 Å². The predicted molar refractivity (Wildman–Crippen MR) is 82.8 cm³/mol. The van der Waals surface area contributed by atoms with Gasteiger partial charge < -0.3 is 15.3 Å². The number of carbonyl (C=O) groups is 1. The van der Waals surface area contributed by atoms with Crippen molar-refractivity contribution < 1.29 is 9.90 Å². The van der Waals surface area contributed by atoms with E-state index in [1.165, 1.54) is 12.8 Å². The molecule has 5 heteroatoms. The topological polar surface area (TPSA) is 65.5 Å². The lowest BCUT2D eigenvalue weighted by Crippen LogP contribution is -2.27. The van der Waals surface area contributed by atoms with Gasteiger partial charge in [-0.05, 0) is 32.0 Å². The molecular formula is C16H19N3O2. The first-order chi connectivity index (χ1) is 10.1. The molecule has 0 bridgehead atoms. The summed E-state index contributed by atoms with van der Waals surface area (Å²) < 4.78 is 0. The van der Waals surface area contributed by atoms with Gasteiger partial charge in [0, 0.05) is 30.2 Å². The largest absolute Gasteiger partial charge is 0.477 e. The van der Waals surface area contributed by atoms with Crippen LogP contribution >= 0.6 is 0 Å². The molecule has 2 N–H and O–H groups in total. The first-order valence-electron chi connectivity index (χ1n) is 7.22. The van der Waals surface area contributed by atoms with Gasteiger partial charge in [0.05, 0.1) is 5.52 Å². The van der Waals surface area contributed by atoms with Gasteiger partial charge >= 0.3 is 5.97 Å². The minimum atomic E-state index is -1.00. The molecule has 2 aromatic rings. The third kappa shape index (κ3) is 3.13. The van der Waals surface area contributed by atoms with Crippen molar-refractivity contribution in [2.45, 2.75) is 18.9 Å². The number of carboxylic acids is 1. The van der Waals surface area contributed by atoms with Crippen molar-refractivity contribution in [3.8, 4) is 0 Å². The number of rotatable bonds is 6. The van der Waals surface area contributed by atoms with Crippen molar-refractivity contribution in [2.24, 2.45) is 0 Å². The van der Waals surface area contributed by atoms with Crippen molar-refractivity contribution in [3.05, 3.63) is 36.0 Å². The summed E-state index contributed by atoms with van der Waals surface area (Å²) in [4.78, 5) is 17.7. The maximum Gasteiger partial charge on any atom is 0.354 e. The van der Waals surface area contributed by atoms with Crippen LogP contribution < -0.4 is 5.32 Å². The summed E-state index contributed by atoms with van der Waals surface area (Å²) >= 11 is 0. The second-order valence-electron chi connectivity index (χ2n) is 5.52. The van der Waals surface area contributed by atoms with E-state index < -0.39 is 5.97 Å². The summed E-state index contributed by atoms with van der Waals surface area (Å²) in [5.41, 5.74) is 1.62. The van der Waals surface area contributed by atoms with Crippen LogP contribution in [0.1, 0.15) is 23.3 Å². The van der Waals surface area contributed by atoms with Gasteiger partial charge in [0.25, 0.3) is 0 Å². The molecule has 1 aromatic carbocycles. The van der Waals surface area contributed by atoms with Crippen molar-refractivity contribution in [3.63, 3.8) is 0 Å². The standard InChI is InChI=1S/C16H19N3O2/c1-19(11-6-7-11)9-8-17-14-10-15(16(20)21)18-13-5-3-2-4-12(13)14/h2-5,10-11H,6-9H2,1H3,(H,17,18)(H,20,21). The molecule has 0 atom stereocenters. The summed E-state index contributed by atoms with van der Waals surface area (Å²) in [6.45, 7) is 1.74. The predicted octanol–water partition coefficient (Wildman–Crippen LogP) is 2.44. The number of fused-ring (bicyclic) bond motifs is 1. The summed E-state index contributed by atoms with van der Waals surface area (Å²) in [5.74, 6) is -1.00. The Kier molecular flexibility index (Phi) is 3.75. The lowest BCUT2D eigenvalue weighted by molar-refractivity contribution is 0.0691. The van der Waals surface area contributed by atoms with Gasteiger partial charge in [-0.15, -0.1) is 0 Å². The Bertz CT molecular complexity index is 668. The maximum absolute atomic E-state index is 11.2. The Morgan fingerprint density at radius 1 is 1.43 bits per heavy atom. The number of aromatic nitrogens is 1. The minimum absolute atomic E-state index is 0.0757. The van der Waals surface area contributed by atoms with Crippen LogP contribution in [0.5, 0.6) is 0 Å². The quantitative estimate of drug-likeness (QED) is 0.853. The van der Waals surface area contributed by atoms with Crippen LogP contribution in [0.25, 0.3) is 10.9 Å². The highest BCUT2D eigenvalue weighted by atomic mass is 16.4. The average Bonchev–Trinajstić information content (AvgIpc) is 3.31. The zero-order chi connectivity index (χ0) is 14.8. The van der Waals surface area contributed by atoms with Crippen molar-refractivity contribution >= 4 is 22.6 Å². The molecule has 0 spiro atoms. The number of anilines is 1. The van der Waals surface area contributed by atoms with Crippen molar-refractivity contribution in [1.29, 1.82) is 0 Å². The van der Waals surface area contributed by atoms with Gasteiger partial charge in [-0.25, -0.2) is 9.78 Å². The molecule has 3 rings (SSSR count). The van der Waals surface area contributed by atoms with Crippen molar-refractivity contribution in [1.82, 2.24) is 9.88 Å². The fourth-order valence-corrected chi connectivity index (χ4v) is 2.50. The Morgan fingerprint density at radius 3 is 2.90 bits per heavy atom. The smallest absolute Gasteiger partial charge is 0.354 e. The van der Waals surface area contributed by atoms with E-state index in [0.29, 0.717) is 5.52 Å². The highest BCUT2D eigenvalue weighted by Gasteiger charge is 2.25. The minimum Gasteiger partial charge on any atom is -0.477 e. The first kappa shape index (κ1) is 13.8. The first-order valence-corrected chi connectivity index (χ1v) is 7.22. The van der Waals surface area contributed by atoms with Crippen LogP contribution in [0.3, 0.4) is 0 Å². The molecule has 1 aliphatic rings. The Morgan fingerprint density at radius 2 is 2.19 bits per heavy atom. The van der Waals surface area contributed by atoms with Crippen molar-refractivity contribution in [2.75, 3.05) is 25.5 Å². The van der Waals surface area contributed by atoms with Gasteiger partial charge in [-0.2, -0.15) is 0 Å². The van der Waals surface area contributed by atoms with Crippen LogP contribution in [0.15, 0.2) is 30.3 Å². The number of likely N-dealkylation sites (N-methyl/N-ethyl adjacent to an activating group) is 1. The Hall–Kier alpha value is -2.14. The third-order valence-electron chi connectivity index (χ3n) is 3.89. The van der Waals surface area contributed by atoms with Crippen LogP contribution in [-0.4, -0.2) is 47.1 Å². The molecule has 0 unspecified atom stereocenters. The van der Waals surface area contributed by atoms with E-state index in [-0.39, 0.29) is 5.69 Å². The summed E-state index contributed by atoms with van der Waals surface area (Å²) in [5, 5.41) is 13.5. The molecule has 5 nitrogen and oxygen atoms in total. The van der Waals surface area contributed by atoms with E-state index in [1.807, 2.05) is 24.3 Å². The molecule has 1 fully saturated rings. The zero-order valence-corrected chi connectivity index (χ0v) is 12.0. The molecule has 1 saturated carbocycles. The second-order valence-corrected chi connectivity index (χ2v) is 5.52. The molecule has 1 aromatic heterocycles. The molecule has 0 aliphatic heterocycles. The van der Waals surface area contributed by atoms with Crippen LogP contribution in [0.4, 0.5) is 5.69 Å². The maximum atomic E-state index is 11.2. The lowest BCUT2D eigenvalue weighted by Gasteiger charge is -2.17. The summed E-state index contributed by atoms with van der Waals surface area (Å²) in [6, 6.07) is 9.94. The van der Waals surface area contributed by atoms with E-state index in [9.17, 15) is 4.79 Å². The summed E-state index contributed by atoms with van der Waals surface area (Å²) in [7, 11) is 2.13. The number of nitrogens with one attached hydrogen (secondary N) is 1.